The third-order valence-corrected chi connectivity index (χ3v) is 9.50. The molecule has 0 radical (unpaired) electrons. The van der Waals surface area contributed by atoms with Crippen molar-refractivity contribution in [2.24, 2.45) is 17.3 Å². The number of rotatable bonds is 12. The summed E-state index contributed by atoms with van der Waals surface area (Å²) in [5.41, 5.74) is 0.674. The summed E-state index contributed by atoms with van der Waals surface area (Å²) in [7, 11) is 2.07. The smallest absolute Gasteiger partial charge is 0.465 e. The van der Waals surface area contributed by atoms with Gasteiger partial charge in [0.1, 0.15) is 5.78 Å². The number of ketones is 1. The molecule has 0 amide bonds. The molecule has 2 bridgehead atoms. The zero-order chi connectivity index (χ0) is 20.9. The Kier molecular flexibility index (Phi) is 7.26. The monoisotopic (exact) mass is 420 g/mol. The molecule has 0 N–H and O–H groups in total. The molecule has 1 atom stereocenters. The van der Waals surface area contributed by atoms with E-state index in [0.717, 1.165) is 31.2 Å². The average Bonchev–Trinajstić information content (AvgIpc) is 3.30. The third-order valence-electron chi connectivity index (χ3n) is 6.67. The molecule has 0 aromatic heterocycles. The van der Waals surface area contributed by atoms with Crippen molar-refractivity contribution in [1.29, 1.82) is 0 Å². The lowest BCUT2D eigenvalue weighted by Crippen LogP contribution is -2.44. The summed E-state index contributed by atoms with van der Waals surface area (Å²) in [4.78, 5) is 25.8. The van der Waals surface area contributed by atoms with Gasteiger partial charge in [0.25, 0.3) is 0 Å². The molecule has 0 aliphatic heterocycles. The molecular weight excluding hydrogens is 388 g/mol. The molecule has 0 heterocycles. The molecule has 0 saturated heterocycles. The largest absolute Gasteiger partial charge is 0.500 e. The molecule has 3 aliphatic rings. The number of carbonyl (C=O) groups is 2. The molecule has 3 saturated carbocycles. The standard InChI is InChI=1S/C22H32O6Si/c1-25-29(26-2,27-3)13-7-12-28-21(24)19-14-18-15-22(19,16-18)20(23)11-10-17-8-5-4-6-9-17/h4-6,8-9,18-19H,7,10-16H2,1-3H3. The van der Waals surface area contributed by atoms with E-state index in [1.54, 1.807) is 21.3 Å². The average molecular weight is 421 g/mol. The summed E-state index contributed by atoms with van der Waals surface area (Å²) in [6.07, 6.45) is 4.29. The fourth-order valence-electron chi connectivity index (χ4n) is 4.99. The second kappa shape index (κ2) is 9.51. The number of hydrogen-bond acceptors (Lipinski definition) is 6. The van der Waals surface area contributed by atoms with Crippen LogP contribution in [0.3, 0.4) is 0 Å². The molecule has 1 aromatic rings. The van der Waals surface area contributed by atoms with Gasteiger partial charge in [-0.3, -0.25) is 9.59 Å². The molecule has 3 fully saturated rings. The first-order chi connectivity index (χ1) is 14.0. The Balaban J connectivity index is 1.49. The zero-order valence-electron chi connectivity index (χ0n) is 17.6. The van der Waals surface area contributed by atoms with Crippen molar-refractivity contribution in [3.8, 4) is 0 Å². The Morgan fingerprint density at radius 1 is 1.07 bits per heavy atom. The first-order valence-electron chi connectivity index (χ1n) is 10.4. The summed E-state index contributed by atoms with van der Waals surface area (Å²) >= 11 is 0. The Morgan fingerprint density at radius 3 is 2.34 bits per heavy atom. The fraction of sp³-hybridized carbons (Fsp3) is 0.636. The summed E-state index contributed by atoms with van der Waals surface area (Å²) in [5, 5.41) is 0. The van der Waals surface area contributed by atoms with Gasteiger partial charge in [-0.2, -0.15) is 0 Å². The van der Waals surface area contributed by atoms with Crippen molar-refractivity contribution in [2.45, 2.75) is 44.6 Å². The normalized spacial score (nSPS) is 25.5. The minimum atomic E-state index is -2.65. The van der Waals surface area contributed by atoms with Crippen molar-refractivity contribution in [1.82, 2.24) is 0 Å². The molecule has 160 valence electrons. The van der Waals surface area contributed by atoms with Gasteiger partial charge in [-0.05, 0) is 43.6 Å². The highest BCUT2D eigenvalue weighted by Crippen LogP contribution is 2.63. The number of aryl methyl sites for hydroxylation is 1. The summed E-state index contributed by atoms with van der Waals surface area (Å²) in [6, 6.07) is 10.6. The topological polar surface area (TPSA) is 71.1 Å². The van der Waals surface area contributed by atoms with Crippen LogP contribution in [0.15, 0.2) is 30.3 Å². The number of Topliss-reactive ketones (excluding diaryl/α,β-unsaturated/α-hetero) is 1. The van der Waals surface area contributed by atoms with Crippen LogP contribution in [0.2, 0.25) is 6.04 Å². The SMILES string of the molecule is CO[Si](CCCOC(=O)C1CC2CC1(C(=O)CCc1ccccc1)C2)(OC)OC. The maximum Gasteiger partial charge on any atom is 0.500 e. The van der Waals surface area contributed by atoms with E-state index in [1.165, 1.54) is 0 Å². The Bertz CT molecular complexity index is 688. The van der Waals surface area contributed by atoms with Gasteiger partial charge in [0.15, 0.2) is 0 Å². The maximum absolute atomic E-state index is 13.0. The van der Waals surface area contributed by atoms with Crippen molar-refractivity contribution in [3.63, 3.8) is 0 Å². The van der Waals surface area contributed by atoms with Crippen LogP contribution in [0, 0.1) is 17.3 Å². The number of benzene rings is 1. The number of carbonyl (C=O) groups excluding carboxylic acids is 2. The van der Waals surface area contributed by atoms with Gasteiger partial charge >= 0.3 is 14.8 Å². The maximum atomic E-state index is 13.0. The quantitative estimate of drug-likeness (QED) is 0.293. The van der Waals surface area contributed by atoms with Gasteiger partial charge in [0, 0.05) is 39.2 Å². The van der Waals surface area contributed by atoms with E-state index in [9.17, 15) is 9.59 Å². The van der Waals surface area contributed by atoms with E-state index >= 15 is 0 Å². The predicted octanol–water partition coefficient (Wildman–Crippen LogP) is 3.42. The minimum absolute atomic E-state index is 0.224. The van der Waals surface area contributed by atoms with Crippen LogP contribution >= 0.6 is 0 Å². The lowest BCUT2D eigenvalue weighted by molar-refractivity contribution is -0.157. The van der Waals surface area contributed by atoms with Gasteiger partial charge in [-0.1, -0.05) is 30.3 Å². The van der Waals surface area contributed by atoms with Crippen LogP contribution < -0.4 is 0 Å². The van der Waals surface area contributed by atoms with Gasteiger partial charge in [-0.25, -0.2) is 0 Å². The second-order valence-electron chi connectivity index (χ2n) is 8.19. The molecule has 29 heavy (non-hydrogen) atoms. The molecule has 0 spiro atoms. The molecule has 1 unspecified atom stereocenters. The van der Waals surface area contributed by atoms with Crippen molar-refractivity contribution < 1.29 is 27.6 Å². The summed E-state index contributed by atoms with van der Waals surface area (Å²) in [5.74, 6) is 0.202. The Morgan fingerprint density at radius 2 is 1.72 bits per heavy atom. The Labute approximate surface area is 174 Å². The lowest BCUT2D eigenvalue weighted by atomic mass is 9.63. The van der Waals surface area contributed by atoms with Crippen molar-refractivity contribution >= 4 is 20.6 Å². The molecule has 7 heteroatoms. The highest BCUT2D eigenvalue weighted by molar-refractivity contribution is 6.60. The molecule has 1 aromatic carbocycles. The molecule has 4 rings (SSSR count). The third kappa shape index (κ3) is 4.63. The van der Waals surface area contributed by atoms with Crippen molar-refractivity contribution in [2.75, 3.05) is 27.9 Å². The number of ether oxygens (including phenoxy) is 1. The van der Waals surface area contributed by atoms with E-state index in [2.05, 4.69) is 0 Å². The van der Waals surface area contributed by atoms with Crippen LogP contribution in [0.5, 0.6) is 0 Å². The fourth-order valence-corrected chi connectivity index (χ4v) is 6.68. The molecule has 3 aliphatic carbocycles. The number of esters is 1. The summed E-state index contributed by atoms with van der Waals surface area (Å²) < 4.78 is 21.7. The zero-order valence-corrected chi connectivity index (χ0v) is 18.6. The Hall–Kier alpha value is -1.54. The summed E-state index contributed by atoms with van der Waals surface area (Å²) in [6.45, 7) is 0.291. The van der Waals surface area contributed by atoms with E-state index < -0.39 is 14.2 Å². The van der Waals surface area contributed by atoms with Crippen LogP contribution in [-0.4, -0.2) is 48.5 Å². The van der Waals surface area contributed by atoms with E-state index in [-0.39, 0.29) is 17.7 Å². The van der Waals surface area contributed by atoms with Crippen LogP contribution in [0.25, 0.3) is 0 Å². The number of fused-ring (bicyclic) bond motifs is 1. The van der Waals surface area contributed by atoms with Gasteiger partial charge in [0.2, 0.25) is 0 Å². The minimum Gasteiger partial charge on any atom is -0.465 e. The molecular formula is C22H32O6Si. The van der Waals surface area contributed by atoms with E-state index in [0.29, 0.717) is 31.4 Å². The van der Waals surface area contributed by atoms with Crippen molar-refractivity contribution in [3.05, 3.63) is 35.9 Å². The van der Waals surface area contributed by atoms with Gasteiger partial charge in [0.05, 0.1) is 12.5 Å². The van der Waals surface area contributed by atoms with E-state index in [1.807, 2.05) is 30.3 Å². The molecule has 6 nitrogen and oxygen atoms in total. The first-order valence-corrected chi connectivity index (χ1v) is 12.3. The first kappa shape index (κ1) is 22.1. The van der Waals surface area contributed by atoms with Gasteiger partial charge < -0.3 is 18.0 Å². The second-order valence-corrected chi connectivity index (χ2v) is 11.3. The van der Waals surface area contributed by atoms with Crippen LogP contribution in [-0.2, 0) is 34.0 Å². The number of hydrogen-bond donors (Lipinski definition) is 0. The lowest BCUT2D eigenvalue weighted by Gasteiger charge is -2.39. The van der Waals surface area contributed by atoms with E-state index in [4.69, 9.17) is 18.0 Å². The van der Waals surface area contributed by atoms with Crippen LogP contribution in [0.4, 0.5) is 0 Å². The highest BCUT2D eigenvalue weighted by atomic mass is 28.4. The van der Waals surface area contributed by atoms with Crippen LogP contribution in [0.1, 0.15) is 37.7 Å². The predicted molar refractivity (Wildman–Crippen MR) is 110 cm³/mol. The highest BCUT2D eigenvalue weighted by Gasteiger charge is 2.63. The van der Waals surface area contributed by atoms with Gasteiger partial charge in [-0.15, -0.1) is 0 Å².